The van der Waals surface area contributed by atoms with Gasteiger partial charge >= 0.3 is 0 Å². The molecule has 0 unspecified atom stereocenters. The molecule has 0 radical (unpaired) electrons. The second-order valence-electron chi connectivity index (χ2n) is 6.95. The number of methoxy groups -OCH3 is 1. The SMILES string of the molecule is COc1ccc(-n2c(-c3ccc(-c4ccc[nH]4)cc3)nc3ccccc3c2=O)cc1. The Morgan fingerprint density at radius 1 is 0.833 bits per heavy atom. The van der Waals surface area contributed by atoms with Gasteiger partial charge in [-0.3, -0.25) is 9.36 Å². The van der Waals surface area contributed by atoms with Gasteiger partial charge in [-0.15, -0.1) is 0 Å². The molecule has 0 aliphatic heterocycles. The lowest BCUT2D eigenvalue weighted by Crippen LogP contribution is -2.21. The number of nitrogens with zero attached hydrogens (tertiary/aromatic N) is 2. The first-order chi connectivity index (χ1) is 14.7. The zero-order valence-electron chi connectivity index (χ0n) is 16.4. The van der Waals surface area contributed by atoms with Crippen LogP contribution in [0.15, 0.2) is 95.9 Å². The standard InChI is InChI=1S/C25H19N3O2/c1-30-20-14-12-19(13-15-20)28-24(27-23-6-3-2-5-21(23)25(28)29)18-10-8-17(9-11-18)22-7-4-16-26-22/h2-16,26H,1H3. The van der Waals surface area contributed by atoms with E-state index in [1.165, 1.54) is 0 Å². The highest BCUT2D eigenvalue weighted by Crippen LogP contribution is 2.26. The lowest BCUT2D eigenvalue weighted by Gasteiger charge is -2.14. The number of aromatic amines is 1. The number of H-pyrrole nitrogens is 1. The number of fused-ring (bicyclic) bond motifs is 1. The van der Waals surface area contributed by atoms with Crippen molar-refractivity contribution >= 4 is 10.9 Å². The lowest BCUT2D eigenvalue weighted by molar-refractivity contribution is 0.414. The Hall–Kier alpha value is -4.12. The van der Waals surface area contributed by atoms with E-state index < -0.39 is 0 Å². The van der Waals surface area contributed by atoms with Gasteiger partial charge < -0.3 is 9.72 Å². The summed E-state index contributed by atoms with van der Waals surface area (Å²) in [6.45, 7) is 0. The second-order valence-corrected chi connectivity index (χ2v) is 6.95. The first kappa shape index (κ1) is 17.9. The second kappa shape index (κ2) is 7.37. The monoisotopic (exact) mass is 393 g/mol. The third-order valence-electron chi connectivity index (χ3n) is 5.16. The Morgan fingerprint density at radius 2 is 1.57 bits per heavy atom. The normalized spacial score (nSPS) is 11.0. The fourth-order valence-corrected chi connectivity index (χ4v) is 3.61. The summed E-state index contributed by atoms with van der Waals surface area (Å²) in [4.78, 5) is 21.5. The van der Waals surface area contributed by atoms with Crippen LogP contribution in [0.5, 0.6) is 5.75 Å². The van der Waals surface area contributed by atoms with Crippen LogP contribution in [0, 0.1) is 0 Å². The molecule has 146 valence electrons. The van der Waals surface area contributed by atoms with E-state index >= 15 is 0 Å². The molecule has 3 aromatic carbocycles. The van der Waals surface area contributed by atoms with Gasteiger partial charge in [0.2, 0.25) is 0 Å². The van der Waals surface area contributed by atoms with Crippen LogP contribution in [0.2, 0.25) is 0 Å². The maximum absolute atomic E-state index is 13.4. The van der Waals surface area contributed by atoms with E-state index in [1.54, 1.807) is 11.7 Å². The quantitative estimate of drug-likeness (QED) is 0.464. The fraction of sp³-hybridized carbons (Fsp3) is 0.0400. The smallest absolute Gasteiger partial charge is 0.266 e. The Labute approximate surface area is 173 Å². The average Bonchev–Trinajstić information content (AvgIpc) is 3.34. The van der Waals surface area contributed by atoms with Crippen molar-refractivity contribution in [1.29, 1.82) is 0 Å². The highest BCUT2D eigenvalue weighted by molar-refractivity contribution is 5.80. The summed E-state index contributed by atoms with van der Waals surface area (Å²) in [5.41, 5.74) is 4.29. The number of rotatable bonds is 4. The van der Waals surface area contributed by atoms with Crippen LogP contribution >= 0.6 is 0 Å². The molecule has 0 saturated heterocycles. The first-order valence-corrected chi connectivity index (χ1v) is 9.65. The molecule has 5 rings (SSSR count). The van der Waals surface area contributed by atoms with Crippen molar-refractivity contribution in [1.82, 2.24) is 14.5 Å². The lowest BCUT2D eigenvalue weighted by atomic mass is 10.1. The van der Waals surface area contributed by atoms with Gasteiger partial charge in [-0.2, -0.15) is 0 Å². The molecule has 5 heteroatoms. The predicted molar refractivity (Wildman–Crippen MR) is 119 cm³/mol. The molecule has 0 aliphatic rings. The molecule has 0 amide bonds. The molecule has 0 fully saturated rings. The summed E-state index contributed by atoms with van der Waals surface area (Å²) in [6, 6.07) is 26.9. The van der Waals surface area contributed by atoms with Gasteiger partial charge in [-0.05, 0) is 54.1 Å². The first-order valence-electron chi connectivity index (χ1n) is 9.65. The van der Waals surface area contributed by atoms with Crippen molar-refractivity contribution < 1.29 is 4.74 Å². The minimum Gasteiger partial charge on any atom is -0.497 e. The number of hydrogen-bond acceptors (Lipinski definition) is 3. The van der Waals surface area contributed by atoms with Gasteiger partial charge in [0.25, 0.3) is 5.56 Å². The van der Waals surface area contributed by atoms with Gasteiger partial charge in [0, 0.05) is 17.5 Å². The molecule has 1 N–H and O–H groups in total. The van der Waals surface area contributed by atoms with Crippen LogP contribution in [0.4, 0.5) is 0 Å². The maximum atomic E-state index is 13.4. The van der Waals surface area contributed by atoms with Crippen molar-refractivity contribution in [3.05, 3.63) is 101 Å². The number of hydrogen-bond donors (Lipinski definition) is 1. The van der Waals surface area contributed by atoms with E-state index in [2.05, 4.69) is 4.98 Å². The third kappa shape index (κ3) is 3.06. The molecular formula is C25H19N3O2. The van der Waals surface area contributed by atoms with Gasteiger partial charge in [0.15, 0.2) is 0 Å². The van der Waals surface area contributed by atoms with E-state index in [4.69, 9.17) is 9.72 Å². The molecule has 0 atom stereocenters. The zero-order valence-corrected chi connectivity index (χ0v) is 16.4. The van der Waals surface area contributed by atoms with Crippen molar-refractivity contribution in [2.75, 3.05) is 7.11 Å². The van der Waals surface area contributed by atoms with E-state index in [0.29, 0.717) is 16.7 Å². The van der Waals surface area contributed by atoms with Crippen molar-refractivity contribution in [3.63, 3.8) is 0 Å². The highest BCUT2D eigenvalue weighted by atomic mass is 16.5. The largest absolute Gasteiger partial charge is 0.497 e. The molecule has 0 spiro atoms. The van der Waals surface area contributed by atoms with Crippen LogP contribution in [-0.4, -0.2) is 21.6 Å². The van der Waals surface area contributed by atoms with Crippen LogP contribution in [0.25, 0.3) is 39.2 Å². The summed E-state index contributed by atoms with van der Waals surface area (Å²) < 4.78 is 6.92. The molecule has 0 bridgehead atoms. The summed E-state index contributed by atoms with van der Waals surface area (Å²) in [6.07, 6.45) is 1.90. The fourth-order valence-electron chi connectivity index (χ4n) is 3.61. The molecule has 2 heterocycles. The predicted octanol–water partition coefficient (Wildman–Crippen LogP) is 5.06. The molecule has 5 aromatic rings. The van der Waals surface area contributed by atoms with Crippen LogP contribution in [-0.2, 0) is 0 Å². The summed E-state index contributed by atoms with van der Waals surface area (Å²) in [5.74, 6) is 1.33. The number of ether oxygens (including phenoxy) is 1. The molecule has 0 saturated carbocycles. The van der Waals surface area contributed by atoms with Gasteiger partial charge in [0.05, 0.1) is 23.7 Å². The van der Waals surface area contributed by atoms with Crippen molar-refractivity contribution in [2.45, 2.75) is 0 Å². The van der Waals surface area contributed by atoms with Gasteiger partial charge in [-0.1, -0.05) is 36.4 Å². The van der Waals surface area contributed by atoms with Gasteiger partial charge in [-0.25, -0.2) is 4.98 Å². The molecular weight excluding hydrogens is 374 g/mol. The summed E-state index contributed by atoms with van der Waals surface area (Å²) in [7, 11) is 1.62. The van der Waals surface area contributed by atoms with Crippen LogP contribution in [0.3, 0.4) is 0 Å². The van der Waals surface area contributed by atoms with E-state index in [0.717, 1.165) is 28.3 Å². The van der Waals surface area contributed by atoms with Crippen LogP contribution < -0.4 is 10.3 Å². The van der Waals surface area contributed by atoms with Crippen molar-refractivity contribution in [3.8, 4) is 34.1 Å². The number of aromatic nitrogens is 3. The average molecular weight is 393 g/mol. The Morgan fingerprint density at radius 3 is 2.27 bits per heavy atom. The molecule has 2 aromatic heterocycles. The summed E-state index contributed by atoms with van der Waals surface area (Å²) >= 11 is 0. The minimum atomic E-state index is -0.103. The van der Waals surface area contributed by atoms with Crippen LogP contribution in [0.1, 0.15) is 0 Å². The van der Waals surface area contributed by atoms with Crippen molar-refractivity contribution in [2.24, 2.45) is 0 Å². The number of benzene rings is 3. The topological polar surface area (TPSA) is 59.9 Å². The maximum Gasteiger partial charge on any atom is 0.266 e. The summed E-state index contributed by atoms with van der Waals surface area (Å²) in [5, 5.41) is 0.583. The van der Waals surface area contributed by atoms with E-state index in [9.17, 15) is 4.79 Å². The molecule has 0 aliphatic carbocycles. The Balaban J connectivity index is 1.72. The molecule has 30 heavy (non-hydrogen) atoms. The minimum absolute atomic E-state index is 0.103. The Kier molecular flexibility index (Phi) is 4.41. The zero-order chi connectivity index (χ0) is 20.5. The highest BCUT2D eigenvalue weighted by Gasteiger charge is 2.14. The van der Waals surface area contributed by atoms with E-state index in [-0.39, 0.29) is 5.56 Å². The van der Waals surface area contributed by atoms with E-state index in [1.807, 2.05) is 91.1 Å². The van der Waals surface area contributed by atoms with Gasteiger partial charge in [0.1, 0.15) is 11.6 Å². The third-order valence-corrected chi connectivity index (χ3v) is 5.16. The number of para-hydroxylation sites is 1. The number of nitrogens with one attached hydrogen (secondary N) is 1. The molecule has 5 nitrogen and oxygen atoms in total. The Bertz CT molecular complexity index is 1370.